The Labute approximate surface area is 162 Å². The van der Waals surface area contributed by atoms with Gasteiger partial charge in [0.1, 0.15) is 0 Å². The molecule has 0 spiro atoms. The predicted octanol–water partition coefficient (Wildman–Crippen LogP) is 3.84. The average Bonchev–Trinajstić information content (AvgIpc) is 3.22. The van der Waals surface area contributed by atoms with E-state index in [9.17, 15) is 4.79 Å². The van der Waals surface area contributed by atoms with Crippen LogP contribution in [0.2, 0.25) is 0 Å². The highest BCUT2D eigenvalue weighted by Gasteiger charge is 2.15. The van der Waals surface area contributed by atoms with E-state index in [4.69, 9.17) is 4.74 Å². The Morgan fingerprint density at radius 1 is 0.893 bits per heavy atom. The molecule has 0 saturated carbocycles. The molecular formula is C22H18N4O2. The first-order valence-electron chi connectivity index (χ1n) is 8.84. The fourth-order valence-electron chi connectivity index (χ4n) is 3.09. The SMILES string of the molecule is COC(=O)c1ccc(-c2ccccc2-c2nnnn2Cc2ccccc2)cc1. The summed E-state index contributed by atoms with van der Waals surface area (Å²) >= 11 is 0. The molecule has 0 atom stereocenters. The minimum Gasteiger partial charge on any atom is -0.465 e. The quantitative estimate of drug-likeness (QED) is 0.499. The maximum Gasteiger partial charge on any atom is 0.337 e. The van der Waals surface area contributed by atoms with Crippen LogP contribution in [0.25, 0.3) is 22.5 Å². The first-order valence-corrected chi connectivity index (χ1v) is 8.84. The lowest BCUT2D eigenvalue weighted by atomic mass is 9.98. The number of hydrogen-bond acceptors (Lipinski definition) is 5. The molecule has 1 heterocycles. The van der Waals surface area contributed by atoms with Gasteiger partial charge in [-0.2, -0.15) is 0 Å². The number of carbonyl (C=O) groups is 1. The van der Waals surface area contributed by atoms with Gasteiger partial charge in [0.25, 0.3) is 0 Å². The summed E-state index contributed by atoms with van der Waals surface area (Å²) in [6, 6.07) is 25.3. The summed E-state index contributed by atoms with van der Waals surface area (Å²) in [4.78, 5) is 11.7. The normalized spacial score (nSPS) is 10.6. The van der Waals surface area contributed by atoms with Crippen LogP contribution < -0.4 is 0 Å². The Hall–Kier alpha value is -3.80. The van der Waals surface area contributed by atoms with E-state index in [0.717, 1.165) is 22.3 Å². The third-order valence-corrected chi connectivity index (χ3v) is 4.49. The second kappa shape index (κ2) is 7.84. The van der Waals surface area contributed by atoms with E-state index in [-0.39, 0.29) is 5.97 Å². The molecule has 0 radical (unpaired) electrons. The van der Waals surface area contributed by atoms with Crippen molar-refractivity contribution in [3.8, 4) is 22.5 Å². The van der Waals surface area contributed by atoms with Crippen molar-refractivity contribution in [1.82, 2.24) is 20.2 Å². The zero-order chi connectivity index (χ0) is 19.3. The lowest BCUT2D eigenvalue weighted by Crippen LogP contribution is -2.05. The van der Waals surface area contributed by atoms with Crippen molar-refractivity contribution in [3.63, 3.8) is 0 Å². The van der Waals surface area contributed by atoms with Gasteiger partial charge in [-0.3, -0.25) is 0 Å². The fraction of sp³-hybridized carbons (Fsp3) is 0.0909. The van der Waals surface area contributed by atoms with E-state index in [1.54, 1.807) is 16.8 Å². The number of hydrogen-bond donors (Lipinski definition) is 0. The number of carbonyl (C=O) groups excluding carboxylic acids is 1. The summed E-state index contributed by atoms with van der Waals surface area (Å²) in [7, 11) is 1.37. The van der Waals surface area contributed by atoms with Gasteiger partial charge in [-0.1, -0.05) is 66.7 Å². The predicted molar refractivity (Wildman–Crippen MR) is 106 cm³/mol. The van der Waals surface area contributed by atoms with Crippen molar-refractivity contribution in [3.05, 3.63) is 90.0 Å². The molecular weight excluding hydrogens is 352 g/mol. The summed E-state index contributed by atoms with van der Waals surface area (Å²) < 4.78 is 6.56. The molecule has 0 N–H and O–H groups in total. The molecule has 4 aromatic rings. The minimum atomic E-state index is -0.355. The van der Waals surface area contributed by atoms with Gasteiger partial charge in [0, 0.05) is 5.56 Å². The Bertz CT molecular complexity index is 1090. The lowest BCUT2D eigenvalue weighted by molar-refractivity contribution is 0.0601. The number of rotatable bonds is 5. The highest BCUT2D eigenvalue weighted by Crippen LogP contribution is 2.31. The number of nitrogens with zero attached hydrogens (tertiary/aromatic N) is 4. The number of methoxy groups -OCH3 is 1. The van der Waals surface area contributed by atoms with Crippen molar-refractivity contribution in [2.75, 3.05) is 7.11 Å². The monoisotopic (exact) mass is 370 g/mol. The Kier molecular flexibility index (Phi) is 4.93. The molecule has 4 rings (SSSR count). The fourth-order valence-corrected chi connectivity index (χ4v) is 3.09. The summed E-state index contributed by atoms with van der Waals surface area (Å²) in [5.74, 6) is 0.336. The first kappa shape index (κ1) is 17.6. The summed E-state index contributed by atoms with van der Waals surface area (Å²) in [5.41, 5.74) is 4.52. The molecule has 0 bridgehead atoms. The maximum atomic E-state index is 11.7. The highest BCUT2D eigenvalue weighted by molar-refractivity contribution is 5.90. The lowest BCUT2D eigenvalue weighted by Gasteiger charge is -2.11. The Balaban J connectivity index is 1.72. The third-order valence-electron chi connectivity index (χ3n) is 4.49. The van der Waals surface area contributed by atoms with E-state index in [1.165, 1.54) is 7.11 Å². The molecule has 0 saturated heterocycles. The van der Waals surface area contributed by atoms with Crippen LogP contribution in [0, 0.1) is 0 Å². The highest BCUT2D eigenvalue weighted by atomic mass is 16.5. The van der Waals surface area contributed by atoms with Gasteiger partial charge in [-0.15, -0.1) is 5.10 Å². The van der Waals surface area contributed by atoms with E-state index in [2.05, 4.69) is 15.5 Å². The summed E-state index contributed by atoms with van der Waals surface area (Å²) in [6.07, 6.45) is 0. The molecule has 28 heavy (non-hydrogen) atoms. The minimum absolute atomic E-state index is 0.355. The van der Waals surface area contributed by atoms with Gasteiger partial charge in [0.15, 0.2) is 5.82 Å². The van der Waals surface area contributed by atoms with Crippen molar-refractivity contribution in [1.29, 1.82) is 0 Å². The smallest absolute Gasteiger partial charge is 0.337 e. The van der Waals surface area contributed by atoms with Gasteiger partial charge >= 0.3 is 5.97 Å². The van der Waals surface area contributed by atoms with Crippen LogP contribution in [-0.4, -0.2) is 33.3 Å². The number of benzene rings is 3. The molecule has 0 aliphatic carbocycles. The van der Waals surface area contributed by atoms with E-state index in [1.807, 2.05) is 66.7 Å². The van der Waals surface area contributed by atoms with Crippen molar-refractivity contribution in [2.24, 2.45) is 0 Å². The van der Waals surface area contributed by atoms with Gasteiger partial charge in [0.2, 0.25) is 0 Å². The second-order valence-electron chi connectivity index (χ2n) is 6.26. The van der Waals surface area contributed by atoms with Gasteiger partial charge in [0.05, 0.1) is 19.2 Å². The van der Waals surface area contributed by atoms with Gasteiger partial charge < -0.3 is 4.74 Å². The third kappa shape index (κ3) is 3.53. The second-order valence-corrected chi connectivity index (χ2v) is 6.26. The Morgan fingerprint density at radius 3 is 2.29 bits per heavy atom. The summed E-state index contributed by atoms with van der Waals surface area (Å²) in [6.45, 7) is 0.582. The molecule has 3 aromatic carbocycles. The number of aromatic nitrogens is 4. The van der Waals surface area contributed by atoms with E-state index < -0.39 is 0 Å². The molecule has 6 heteroatoms. The van der Waals surface area contributed by atoms with Crippen LogP contribution in [0.3, 0.4) is 0 Å². The van der Waals surface area contributed by atoms with E-state index >= 15 is 0 Å². The number of ether oxygens (including phenoxy) is 1. The first-order chi connectivity index (χ1) is 13.8. The molecule has 6 nitrogen and oxygen atoms in total. The van der Waals surface area contributed by atoms with Gasteiger partial charge in [-0.25, -0.2) is 9.48 Å². The topological polar surface area (TPSA) is 69.9 Å². The van der Waals surface area contributed by atoms with Crippen LogP contribution in [-0.2, 0) is 11.3 Å². The van der Waals surface area contributed by atoms with Crippen molar-refractivity contribution in [2.45, 2.75) is 6.54 Å². The van der Waals surface area contributed by atoms with Gasteiger partial charge in [-0.05, 0) is 39.2 Å². The number of tetrazole rings is 1. The van der Waals surface area contributed by atoms with E-state index in [0.29, 0.717) is 17.9 Å². The zero-order valence-electron chi connectivity index (χ0n) is 15.3. The maximum absolute atomic E-state index is 11.7. The van der Waals surface area contributed by atoms with Crippen LogP contribution in [0.4, 0.5) is 0 Å². The molecule has 1 aromatic heterocycles. The molecule has 0 fully saturated rings. The molecule has 138 valence electrons. The number of esters is 1. The summed E-state index contributed by atoms with van der Waals surface area (Å²) in [5, 5.41) is 12.3. The van der Waals surface area contributed by atoms with Crippen LogP contribution >= 0.6 is 0 Å². The molecule has 0 aliphatic rings. The van der Waals surface area contributed by atoms with Crippen LogP contribution in [0.15, 0.2) is 78.9 Å². The molecule has 0 aliphatic heterocycles. The van der Waals surface area contributed by atoms with Crippen molar-refractivity contribution >= 4 is 5.97 Å². The molecule has 0 amide bonds. The molecule has 0 unspecified atom stereocenters. The average molecular weight is 370 g/mol. The van der Waals surface area contributed by atoms with Crippen LogP contribution in [0.5, 0.6) is 0 Å². The van der Waals surface area contributed by atoms with Crippen molar-refractivity contribution < 1.29 is 9.53 Å². The van der Waals surface area contributed by atoms with Crippen LogP contribution in [0.1, 0.15) is 15.9 Å². The largest absolute Gasteiger partial charge is 0.465 e. The Morgan fingerprint density at radius 2 is 1.57 bits per heavy atom. The standard InChI is InChI=1S/C22H18N4O2/c1-28-22(27)18-13-11-17(12-14-18)19-9-5-6-10-20(19)21-23-24-25-26(21)15-16-7-3-2-4-8-16/h2-14H,15H2,1H3. The zero-order valence-corrected chi connectivity index (χ0v) is 15.3.